The van der Waals surface area contributed by atoms with Gasteiger partial charge in [0.15, 0.2) is 5.76 Å². The van der Waals surface area contributed by atoms with E-state index in [0.717, 1.165) is 5.39 Å². The van der Waals surface area contributed by atoms with Crippen LogP contribution < -0.4 is 10.7 Å². The number of carbonyl (C=O) groups excluding carboxylic acids is 3. The third kappa shape index (κ3) is 2.64. The summed E-state index contributed by atoms with van der Waals surface area (Å²) in [6.07, 6.45) is 0.346. The molecule has 1 aromatic heterocycles. The number of furan rings is 1. The summed E-state index contributed by atoms with van der Waals surface area (Å²) in [6, 6.07) is 17.0. The molecular formula is C20H17N3O4. The van der Waals surface area contributed by atoms with Crippen molar-refractivity contribution in [2.45, 2.75) is 18.9 Å². The first-order chi connectivity index (χ1) is 13.0. The van der Waals surface area contributed by atoms with Crippen LogP contribution in [0.4, 0.5) is 4.79 Å². The van der Waals surface area contributed by atoms with Crippen molar-refractivity contribution in [1.29, 1.82) is 0 Å². The van der Waals surface area contributed by atoms with Gasteiger partial charge in [0.05, 0.1) is 0 Å². The summed E-state index contributed by atoms with van der Waals surface area (Å²) < 4.78 is 5.49. The molecule has 0 bridgehead atoms. The lowest BCUT2D eigenvalue weighted by Crippen LogP contribution is -2.48. The molecule has 1 aliphatic rings. The van der Waals surface area contributed by atoms with E-state index in [1.807, 2.05) is 12.1 Å². The minimum Gasteiger partial charge on any atom is -0.451 e. The fourth-order valence-electron chi connectivity index (χ4n) is 3.29. The Hall–Kier alpha value is -3.61. The number of imide groups is 1. The minimum atomic E-state index is -1.21. The van der Waals surface area contributed by atoms with E-state index in [0.29, 0.717) is 22.6 Å². The lowest BCUT2D eigenvalue weighted by atomic mass is 9.87. The van der Waals surface area contributed by atoms with E-state index in [1.165, 1.54) is 0 Å². The third-order valence-electron chi connectivity index (χ3n) is 4.75. The largest absolute Gasteiger partial charge is 0.451 e. The molecule has 7 heteroatoms. The van der Waals surface area contributed by atoms with Crippen LogP contribution in [-0.2, 0) is 10.3 Å². The van der Waals surface area contributed by atoms with Gasteiger partial charge in [-0.25, -0.2) is 10.2 Å². The number of hydrazine groups is 1. The van der Waals surface area contributed by atoms with Gasteiger partial charge in [0, 0.05) is 5.39 Å². The second-order valence-electron chi connectivity index (χ2n) is 6.29. The zero-order chi connectivity index (χ0) is 19.0. The maximum absolute atomic E-state index is 13.0. The molecular weight excluding hydrogens is 346 g/mol. The molecule has 1 atom stereocenters. The molecule has 2 aromatic carbocycles. The van der Waals surface area contributed by atoms with Crippen molar-refractivity contribution < 1.29 is 18.8 Å². The Morgan fingerprint density at radius 2 is 1.81 bits per heavy atom. The first kappa shape index (κ1) is 16.8. The molecule has 0 saturated carbocycles. The lowest BCUT2D eigenvalue weighted by molar-refractivity contribution is -0.133. The number of hydrogen-bond donors (Lipinski definition) is 2. The number of urea groups is 1. The second kappa shape index (κ2) is 6.28. The third-order valence-corrected chi connectivity index (χ3v) is 4.75. The van der Waals surface area contributed by atoms with Gasteiger partial charge in [0.25, 0.3) is 5.91 Å². The van der Waals surface area contributed by atoms with Gasteiger partial charge < -0.3 is 9.73 Å². The van der Waals surface area contributed by atoms with Crippen LogP contribution in [0.1, 0.15) is 29.5 Å². The van der Waals surface area contributed by atoms with Gasteiger partial charge in [-0.15, -0.1) is 0 Å². The number of nitrogens with one attached hydrogen (secondary N) is 2. The molecule has 3 aromatic rings. The molecule has 1 fully saturated rings. The zero-order valence-electron chi connectivity index (χ0n) is 14.6. The zero-order valence-corrected chi connectivity index (χ0v) is 14.6. The van der Waals surface area contributed by atoms with Gasteiger partial charge >= 0.3 is 11.9 Å². The standard InChI is InChI=1S/C20H17N3O4/c1-2-20(14-9-4-3-5-10-14)18(25)23(19(26)21-20)22-17(24)16-12-13-8-6-7-11-15(13)27-16/h3-12H,2H2,1H3,(H,21,26)(H,22,24)/t20-/m0/s1. The second-order valence-corrected chi connectivity index (χ2v) is 6.29. The molecule has 4 amide bonds. The van der Waals surface area contributed by atoms with Crippen LogP contribution in [0.3, 0.4) is 0 Å². The Balaban J connectivity index is 1.61. The molecule has 4 rings (SSSR count). The molecule has 2 heterocycles. The SMILES string of the molecule is CC[C@@]1(c2ccccc2)NC(=O)N(NC(=O)c2cc3ccccc3o2)C1=O. The summed E-state index contributed by atoms with van der Waals surface area (Å²) in [5, 5.41) is 4.18. The van der Waals surface area contributed by atoms with Crippen molar-refractivity contribution in [3.05, 3.63) is 72.0 Å². The number of para-hydroxylation sites is 1. The molecule has 2 N–H and O–H groups in total. The summed E-state index contributed by atoms with van der Waals surface area (Å²) in [5.41, 5.74) is 2.35. The van der Waals surface area contributed by atoms with Crippen molar-refractivity contribution in [2.75, 3.05) is 0 Å². The molecule has 0 radical (unpaired) electrons. The molecule has 27 heavy (non-hydrogen) atoms. The van der Waals surface area contributed by atoms with Gasteiger partial charge in [-0.2, -0.15) is 5.01 Å². The number of benzene rings is 2. The summed E-state index contributed by atoms with van der Waals surface area (Å²) in [7, 11) is 0. The maximum Gasteiger partial charge on any atom is 0.344 e. The van der Waals surface area contributed by atoms with Crippen LogP contribution >= 0.6 is 0 Å². The molecule has 136 valence electrons. The average Bonchev–Trinajstić information content (AvgIpc) is 3.23. The Morgan fingerprint density at radius 3 is 2.52 bits per heavy atom. The van der Waals surface area contributed by atoms with Crippen molar-refractivity contribution in [3.8, 4) is 0 Å². The number of amides is 4. The van der Waals surface area contributed by atoms with Crippen LogP contribution in [0.15, 0.2) is 65.1 Å². The molecule has 7 nitrogen and oxygen atoms in total. The lowest BCUT2D eigenvalue weighted by Gasteiger charge is -2.25. The highest BCUT2D eigenvalue weighted by atomic mass is 16.3. The Kier molecular flexibility index (Phi) is 3.92. The van der Waals surface area contributed by atoms with E-state index in [4.69, 9.17) is 4.42 Å². The summed E-state index contributed by atoms with van der Waals surface area (Å²) in [6.45, 7) is 1.80. The van der Waals surface area contributed by atoms with Crippen LogP contribution in [0, 0.1) is 0 Å². The topological polar surface area (TPSA) is 91.7 Å². The van der Waals surface area contributed by atoms with E-state index >= 15 is 0 Å². The highest BCUT2D eigenvalue weighted by Gasteiger charge is 2.52. The highest BCUT2D eigenvalue weighted by Crippen LogP contribution is 2.31. The summed E-state index contributed by atoms with van der Waals surface area (Å²) in [5.74, 6) is -1.19. The molecule has 1 aliphatic heterocycles. The quantitative estimate of drug-likeness (QED) is 0.697. The number of fused-ring (bicyclic) bond motifs is 1. The number of hydrogen-bond acceptors (Lipinski definition) is 4. The smallest absolute Gasteiger partial charge is 0.344 e. The van der Waals surface area contributed by atoms with Gasteiger partial charge in [0.2, 0.25) is 0 Å². The Bertz CT molecular complexity index is 1010. The normalized spacial score (nSPS) is 19.4. The minimum absolute atomic E-state index is 0.0190. The van der Waals surface area contributed by atoms with E-state index in [9.17, 15) is 14.4 Å². The van der Waals surface area contributed by atoms with Crippen LogP contribution in [0.2, 0.25) is 0 Å². The fraction of sp³-hybridized carbons (Fsp3) is 0.150. The molecule has 0 unspecified atom stereocenters. The van der Waals surface area contributed by atoms with Gasteiger partial charge in [-0.05, 0) is 24.1 Å². The van der Waals surface area contributed by atoms with Crippen LogP contribution in [0.25, 0.3) is 11.0 Å². The van der Waals surface area contributed by atoms with Crippen molar-refractivity contribution in [1.82, 2.24) is 15.8 Å². The monoisotopic (exact) mass is 363 g/mol. The first-order valence-corrected chi connectivity index (χ1v) is 8.57. The predicted molar refractivity (Wildman–Crippen MR) is 97.5 cm³/mol. The van der Waals surface area contributed by atoms with Gasteiger partial charge in [-0.1, -0.05) is 55.5 Å². The van der Waals surface area contributed by atoms with E-state index < -0.39 is 23.4 Å². The number of carbonyl (C=O) groups is 3. The van der Waals surface area contributed by atoms with E-state index in [-0.39, 0.29) is 5.76 Å². The summed E-state index contributed by atoms with van der Waals surface area (Å²) in [4.78, 5) is 37.9. The first-order valence-electron chi connectivity index (χ1n) is 8.57. The average molecular weight is 363 g/mol. The molecule has 0 spiro atoms. The molecule has 0 aliphatic carbocycles. The van der Waals surface area contributed by atoms with Crippen molar-refractivity contribution in [2.24, 2.45) is 0 Å². The van der Waals surface area contributed by atoms with Gasteiger partial charge in [-0.3, -0.25) is 9.59 Å². The number of nitrogens with zero attached hydrogens (tertiary/aromatic N) is 1. The van der Waals surface area contributed by atoms with E-state index in [1.54, 1.807) is 55.5 Å². The van der Waals surface area contributed by atoms with Gasteiger partial charge in [0.1, 0.15) is 11.1 Å². The summed E-state index contributed by atoms with van der Waals surface area (Å²) >= 11 is 0. The van der Waals surface area contributed by atoms with E-state index in [2.05, 4.69) is 10.7 Å². The maximum atomic E-state index is 13.0. The highest BCUT2D eigenvalue weighted by molar-refractivity contribution is 6.09. The van der Waals surface area contributed by atoms with Crippen molar-refractivity contribution >= 4 is 28.8 Å². The Morgan fingerprint density at radius 1 is 1.11 bits per heavy atom. The van der Waals surface area contributed by atoms with Crippen molar-refractivity contribution in [3.63, 3.8) is 0 Å². The predicted octanol–water partition coefficient (Wildman–Crippen LogP) is 2.93. The molecule has 1 saturated heterocycles. The Labute approximate surface area is 154 Å². The number of rotatable bonds is 4. The fourth-order valence-corrected chi connectivity index (χ4v) is 3.29. The van der Waals surface area contributed by atoms with Crippen LogP contribution in [-0.4, -0.2) is 22.9 Å². The van der Waals surface area contributed by atoms with Crippen LogP contribution in [0.5, 0.6) is 0 Å².